The molecule has 6 aromatic rings. The first-order valence-corrected chi connectivity index (χ1v) is 11.3. The van der Waals surface area contributed by atoms with E-state index in [1.807, 2.05) is 48.5 Å². The number of benzene rings is 4. The van der Waals surface area contributed by atoms with E-state index in [0.717, 1.165) is 10.8 Å². The van der Waals surface area contributed by atoms with E-state index >= 15 is 0 Å². The average molecular weight is 584 g/mol. The van der Waals surface area contributed by atoms with Crippen molar-refractivity contribution in [2.24, 2.45) is 0 Å². The minimum Gasteiger partial charge on any atom is -0.507 e. The van der Waals surface area contributed by atoms with E-state index < -0.39 is 0 Å². The van der Waals surface area contributed by atoms with Gasteiger partial charge >= 0.3 is 0 Å². The van der Waals surface area contributed by atoms with Gasteiger partial charge in [0.15, 0.2) is 0 Å². The fourth-order valence-electron chi connectivity index (χ4n) is 3.94. The molecule has 0 saturated heterocycles. The quantitative estimate of drug-likeness (QED) is 0.171. The summed E-state index contributed by atoms with van der Waals surface area (Å²) < 4.78 is 0. The number of aromatic nitrogens is 2. The second kappa shape index (κ2) is 12.5. The van der Waals surface area contributed by atoms with Gasteiger partial charge in [0.25, 0.3) is 0 Å². The Morgan fingerprint density at radius 1 is 0.368 bits per heavy atom. The van der Waals surface area contributed by atoms with Crippen LogP contribution in [-0.4, -0.2) is 30.4 Å². The molecule has 0 unspecified atom stereocenters. The van der Waals surface area contributed by atoms with Crippen molar-refractivity contribution < 1.29 is 54.6 Å². The Hall–Kier alpha value is -4.06. The first kappa shape index (κ1) is 28.5. The third-order valence-corrected chi connectivity index (χ3v) is 5.76. The van der Waals surface area contributed by atoms with Crippen LogP contribution in [0.4, 0.5) is 0 Å². The molecule has 6 nitrogen and oxygen atoms in total. The molecule has 0 fully saturated rings. The standard InChI is InChI=1S/2C15H11NO2.2Mn/c2*17-13-6-2-1-5-11(13)12-9-8-10-4-3-7-14(18)15(10)16-12;;/h2*1-9,17-18H;;. The smallest absolute Gasteiger partial charge is 0.141 e. The van der Waals surface area contributed by atoms with Crippen molar-refractivity contribution in [2.45, 2.75) is 0 Å². The van der Waals surface area contributed by atoms with Gasteiger partial charge in [0.1, 0.15) is 34.0 Å². The van der Waals surface area contributed by atoms with E-state index in [2.05, 4.69) is 9.97 Å². The molecule has 2 aromatic heterocycles. The summed E-state index contributed by atoms with van der Waals surface area (Å²) in [6.07, 6.45) is 0. The summed E-state index contributed by atoms with van der Waals surface area (Å²) in [6, 6.07) is 32.0. The normalized spacial score (nSPS) is 10.1. The molecule has 4 aromatic carbocycles. The summed E-state index contributed by atoms with van der Waals surface area (Å²) in [5.74, 6) is 0.647. The van der Waals surface area contributed by atoms with Crippen molar-refractivity contribution in [3.8, 4) is 45.5 Å². The summed E-state index contributed by atoms with van der Waals surface area (Å²) >= 11 is 0. The van der Waals surface area contributed by atoms with Gasteiger partial charge in [0.05, 0.1) is 11.4 Å². The third kappa shape index (κ3) is 5.91. The summed E-state index contributed by atoms with van der Waals surface area (Å²) in [4.78, 5) is 8.79. The molecular formula is C30H22Mn2N2O4. The van der Waals surface area contributed by atoms with Crippen molar-refractivity contribution in [3.05, 3.63) is 109 Å². The summed E-state index contributed by atoms with van der Waals surface area (Å²) in [6.45, 7) is 0. The molecule has 0 saturated carbocycles. The molecule has 8 heteroatoms. The van der Waals surface area contributed by atoms with Crippen LogP contribution in [-0.2, 0) is 34.1 Å². The third-order valence-electron chi connectivity index (χ3n) is 5.76. The molecule has 0 amide bonds. The number of fused-ring (bicyclic) bond motifs is 2. The Morgan fingerprint density at radius 3 is 1.13 bits per heavy atom. The molecule has 2 radical (unpaired) electrons. The Balaban J connectivity index is 0.000000200. The molecule has 190 valence electrons. The van der Waals surface area contributed by atoms with E-state index in [0.29, 0.717) is 33.5 Å². The molecule has 2 heterocycles. The van der Waals surface area contributed by atoms with Crippen LogP contribution in [0.1, 0.15) is 0 Å². The van der Waals surface area contributed by atoms with Crippen molar-refractivity contribution in [1.29, 1.82) is 0 Å². The van der Waals surface area contributed by atoms with Crippen LogP contribution < -0.4 is 0 Å². The van der Waals surface area contributed by atoms with Crippen molar-refractivity contribution in [2.75, 3.05) is 0 Å². The van der Waals surface area contributed by atoms with Crippen LogP contribution in [0, 0.1) is 0 Å². The summed E-state index contributed by atoms with van der Waals surface area (Å²) in [7, 11) is 0. The number of hydrogen-bond donors (Lipinski definition) is 4. The van der Waals surface area contributed by atoms with E-state index in [4.69, 9.17) is 0 Å². The predicted octanol–water partition coefficient (Wildman–Crippen LogP) is 6.62. The zero-order valence-electron chi connectivity index (χ0n) is 19.8. The van der Waals surface area contributed by atoms with E-state index in [1.165, 1.54) is 0 Å². The van der Waals surface area contributed by atoms with Crippen LogP contribution >= 0.6 is 0 Å². The van der Waals surface area contributed by atoms with Crippen LogP contribution in [0.25, 0.3) is 44.3 Å². The van der Waals surface area contributed by atoms with Gasteiger partial charge in [-0.1, -0.05) is 60.7 Å². The molecule has 0 aliphatic carbocycles. The number of phenolic OH excluding ortho intramolecular Hbond substituents is 4. The van der Waals surface area contributed by atoms with Gasteiger partial charge in [0.2, 0.25) is 0 Å². The zero-order valence-corrected chi connectivity index (χ0v) is 22.2. The number of aromatic hydroxyl groups is 4. The van der Waals surface area contributed by atoms with Crippen molar-refractivity contribution in [3.63, 3.8) is 0 Å². The topological polar surface area (TPSA) is 107 Å². The predicted molar refractivity (Wildman–Crippen MR) is 141 cm³/mol. The second-order valence-electron chi connectivity index (χ2n) is 8.12. The first-order valence-electron chi connectivity index (χ1n) is 11.3. The molecular weight excluding hydrogens is 562 g/mol. The maximum Gasteiger partial charge on any atom is 0.141 e. The van der Waals surface area contributed by atoms with E-state index in [1.54, 1.807) is 60.7 Å². The minimum absolute atomic E-state index is 0. The number of rotatable bonds is 2. The van der Waals surface area contributed by atoms with Gasteiger partial charge in [-0.25, -0.2) is 9.97 Å². The van der Waals surface area contributed by atoms with Crippen LogP contribution in [0.2, 0.25) is 0 Å². The zero-order chi connectivity index (χ0) is 25.1. The van der Waals surface area contributed by atoms with Crippen molar-refractivity contribution in [1.82, 2.24) is 9.97 Å². The second-order valence-corrected chi connectivity index (χ2v) is 8.12. The van der Waals surface area contributed by atoms with E-state index in [-0.39, 0.29) is 57.1 Å². The molecule has 0 aliphatic heterocycles. The molecule has 0 aliphatic rings. The molecule has 4 N–H and O–H groups in total. The van der Waals surface area contributed by atoms with Gasteiger partial charge in [0, 0.05) is 56.0 Å². The Bertz CT molecular complexity index is 1580. The molecule has 0 bridgehead atoms. The van der Waals surface area contributed by atoms with Crippen molar-refractivity contribution >= 4 is 21.8 Å². The monoisotopic (exact) mass is 584 g/mol. The minimum atomic E-state index is 0. The first-order chi connectivity index (χ1) is 17.5. The average Bonchev–Trinajstić information content (AvgIpc) is 2.90. The maximum atomic E-state index is 9.80. The molecule has 6 rings (SSSR count). The van der Waals surface area contributed by atoms with E-state index in [9.17, 15) is 20.4 Å². The molecule has 38 heavy (non-hydrogen) atoms. The number of hydrogen-bond acceptors (Lipinski definition) is 6. The van der Waals surface area contributed by atoms with Crippen LogP contribution in [0.15, 0.2) is 109 Å². The fourth-order valence-corrected chi connectivity index (χ4v) is 3.94. The number of pyridine rings is 2. The maximum absolute atomic E-state index is 9.80. The van der Waals surface area contributed by atoms with Gasteiger partial charge in [-0.05, 0) is 48.5 Å². The number of phenols is 4. The Labute approximate surface area is 240 Å². The van der Waals surface area contributed by atoms with Crippen LogP contribution in [0.3, 0.4) is 0 Å². The SMILES string of the molecule is Oc1ccccc1-c1ccc2cccc(O)c2n1.Oc1ccccc1-c1ccc2cccc(O)c2n1.[Mn].[Mn]. The van der Waals surface area contributed by atoms with Gasteiger partial charge in [-0.2, -0.15) is 0 Å². The van der Waals surface area contributed by atoms with Gasteiger partial charge < -0.3 is 20.4 Å². The summed E-state index contributed by atoms with van der Waals surface area (Å²) in [5, 5.41) is 40.9. The fraction of sp³-hybridized carbons (Fsp3) is 0. The Kier molecular flexibility index (Phi) is 9.34. The van der Waals surface area contributed by atoms with Crippen LogP contribution in [0.5, 0.6) is 23.0 Å². The van der Waals surface area contributed by atoms with Gasteiger partial charge in [-0.3, -0.25) is 0 Å². The largest absolute Gasteiger partial charge is 0.507 e. The number of nitrogens with zero attached hydrogens (tertiary/aromatic N) is 2. The number of para-hydroxylation sites is 4. The summed E-state index contributed by atoms with van der Waals surface area (Å²) in [5.41, 5.74) is 3.67. The van der Waals surface area contributed by atoms with Gasteiger partial charge in [-0.15, -0.1) is 0 Å². The molecule has 0 atom stereocenters. The Morgan fingerprint density at radius 2 is 0.737 bits per heavy atom. The molecule has 0 spiro atoms.